The minimum absolute atomic E-state index is 0.0528. The van der Waals surface area contributed by atoms with Crippen molar-refractivity contribution in [3.05, 3.63) is 51.8 Å². The molecule has 1 atom stereocenters. The maximum Gasteiger partial charge on any atom is 0.262 e. The van der Waals surface area contributed by atoms with E-state index in [4.69, 9.17) is 0 Å². The second-order valence-corrected chi connectivity index (χ2v) is 12.9. The van der Waals surface area contributed by atoms with Gasteiger partial charge in [0.15, 0.2) is 5.13 Å². The van der Waals surface area contributed by atoms with E-state index in [1.54, 1.807) is 6.20 Å². The first-order valence-electron chi connectivity index (χ1n) is 14.9. The first-order valence-corrected chi connectivity index (χ1v) is 15.7. The third kappa shape index (κ3) is 7.78. The Morgan fingerprint density at radius 1 is 1.07 bits per heavy atom. The fourth-order valence-corrected chi connectivity index (χ4v) is 6.80. The first kappa shape index (κ1) is 30.2. The van der Waals surface area contributed by atoms with Crippen molar-refractivity contribution in [1.29, 1.82) is 0 Å². The van der Waals surface area contributed by atoms with Gasteiger partial charge in [0.05, 0.1) is 23.8 Å². The van der Waals surface area contributed by atoms with Crippen LogP contribution in [0.1, 0.15) is 63.3 Å². The van der Waals surface area contributed by atoms with Crippen molar-refractivity contribution >= 4 is 39.2 Å². The Morgan fingerprint density at radius 2 is 1.81 bits per heavy atom. The molecule has 0 spiro atoms. The molecule has 1 saturated carbocycles. The number of hydrogen-bond donors (Lipinski definition) is 2. The van der Waals surface area contributed by atoms with E-state index in [0.717, 1.165) is 56.7 Å². The van der Waals surface area contributed by atoms with Crippen molar-refractivity contribution in [2.75, 3.05) is 38.0 Å². The molecule has 2 aliphatic rings. The molecule has 1 aliphatic heterocycles. The number of nitrogens with zero attached hydrogens (tertiary/aromatic N) is 5. The van der Waals surface area contributed by atoms with Gasteiger partial charge in [0.1, 0.15) is 11.9 Å². The van der Waals surface area contributed by atoms with Gasteiger partial charge in [-0.1, -0.05) is 32.1 Å². The molecule has 10 nitrogen and oxygen atoms in total. The Balaban J connectivity index is 1.24. The molecule has 1 saturated heterocycles. The summed E-state index contributed by atoms with van der Waals surface area (Å²) in [5.41, 5.74) is -0.0187. The van der Waals surface area contributed by atoms with Gasteiger partial charge in [0.25, 0.3) is 5.56 Å². The molecular weight excluding hydrogens is 557 g/mol. The van der Waals surface area contributed by atoms with E-state index >= 15 is 0 Å². The van der Waals surface area contributed by atoms with Crippen molar-refractivity contribution in [1.82, 2.24) is 29.7 Å². The van der Waals surface area contributed by atoms with Crippen molar-refractivity contribution in [3.63, 3.8) is 0 Å². The van der Waals surface area contributed by atoms with Gasteiger partial charge in [-0.2, -0.15) is 0 Å². The lowest BCUT2D eigenvalue weighted by Crippen LogP contribution is -2.49. The number of carbonyl (C=O) groups excluding carboxylic acids is 2. The molecule has 0 radical (unpaired) electrons. The van der Waals surface area contributed by atoms with E-state index in [1.807, 2.05) is 13.8 Å². The summed E-state index contributed by atoms with van der Waals surface area (Å²) in [5, 5.41) is 6.54. The van der Waals surface area contributed by atoms with Gasteiger partial charge in [0, 0.05) is 49.8 Å². The van der Waals surface area contributed by atoms with Crippen LogP contribution in [0, 0.1) is 11.7 Å². The summed E-state index contributed by atoms with van der Waals surface area (Å²) in [5.74, 6) is -0.446. The van der Waals surface area contributed by atoms with Gasteiger partial charge in [-0.05, 0) is 44.4 Å². The number of halogens is 1. The minimum atomic E-state index is -0.769. The van der Waals surface area contributed by atoms with E-state index in [-0.39, 0.29) is 23.2 Å². The third-order valence-electron chi connectivity index (χ3n) is 8.11. The van der Waals surface area contributed by atoms with Crippen molar-refractivity contribution in [2.24, 2.45) is 5.92 Å². The number of anilines is 1. The normalized spacial score (nSPS) is 17.9. The highest BCUT2D eigenvalue weighted by atomic mass is 32.1. The molecule has 2 fully saturated rings. The zero-order valence-electron chi connectivity index (χ0n) is 24.4. The minimum Gasteiger partial charge on any atom is -0.353 e. The predicted octanol–water partition coefficient (Wildman–Crippen LogP) is 3.78. The zero-order chi connectivity index (χ0) is 29.6. The second-order valence-electron chi connectivity index (χ2n) is 11.8. The van der Waals surface area contributed by atoms with Gasteiger partial charge in [-0.3, -0.25) is 28.8 Å². The van der Waals surface area contributed by atoms with Crippen LogP contribution in [0.2, 0.25) is 0 Å². The van der Waals surface area contributed by atoms with Crippen LogP contribution < -0.4 is 16.2 Å². The van der Waals surface area contributed by atoms with Crippen LogP contribution in [0.25, 0.3) is 10.9 Å². The largest absolute Gasteiger partial charge is 0.353 e. The Kier molecular flexibility index (Phi) is 9.96. The number of carbonyl (C=O) groups is 2. The number of benzene rings is 1. The van der Waals surface area contributed by atoms with Crippen molar-refractivity contribution in [2.45, 2.75) is 71.0 Å². The summed E-state index contributed by atoms with van der Waals surface area (Å²) in [6.45, 7) is 8.36. The molecular formula is C30H40FN7O3S. The standard InChI is InChI=1S/C30H40FN7O3S/c1-20(2)34-27(39)18-37-12-10-36(11-13-37)17-23-16-32-30(42-23)35-28(40)26(14-21-6-4-3-5-7-21)38-19-33-25-9-8-22(31)15-24(25)29(38)41/h8-9,15-16,19-21,26H,3-7,10-14,17-18H2,1-2H3,(H,34,39)(H,32,35,40). The molecule has 3 aromatic rings. The van der Waals surface area contributed by atoms with Gasteiger partial charge < -0.3 is 10.6 Å². The van der Waals surface area contributed by atoms with Crippen LogP contribution >= 0.6 is 11.3 Å². The van der Waals surface area contributed by atoms with E-state index in [0.29, 0.717) is 36.1 Å². The molecule has 1 aliphatic carbocycles. The van der Waals surface area contributed by atoms with Gasteiger partial charge in [0.2, 0.25) is 11.8 Å². The molecule has 1 unspecified atom stereocenters. The number of thiazole rings is 1. The SMILES string of the molecule is CC(C)NC(=O)CN1CCN(Cc2cnc(NC(=O)C(CC3CCCCC3)n3cnc4ccc(F)cc4c3=O)s2)CC1. The fraction of sp³-hybridized carbons (Fsp3) is 0.567. The first-order chi connectivity index (χ1) is 20.2. The van der Waals surface area contributed by atoms with Crippen LogP contribution in [-0.2, 0) is 16.1 Å². The molecule has 2 N–H and O–H groups in total. The van der Waals surface area contributed by atoms with Gasteiger partial charge in [-0.25, -0.2) is 14.4 Å². The molecule has 0 bridgehead atoms. The average Bonchev–Trinajstić information content (AvgIpc) is 3.40. The maximum atomic E-state index is 14.0. The highest BCUT2D eigenvalue weighted by Crippen LogP contribution is 2.32. The molecule has 226 valence electrons. The Labute approximate surface area is 249 Å². The van der Waals surface area contributed by atoms with E-state index < -0.39 is 17.4 Å². The number of amides is 2. The van der Waals surface area contributed by atoms with Crippen LogP contribution in [-0.4, -0.2) is 74.9 Å². The lowest BCUT2D eigenvalue weighted by molar-refractivity contribution is -0.123. The summed E-state index contributed by atoms with van der Waals surface area (Å²) in [6, 6.07) is 3.31. The smallest absolute Gasteiger partial charge is 0.262 e. The maximum absolute atomic E-state index is 14.0. The summed E-state index contributed by atoms with van der Waals surface area (Å²) < 4.78 is 15.3. The Bertz CT molecular complexity index is 1440. The van der Waals surface area contributed by atoms with Gasteiger partial charge >= 0.3 is 0 Å². The van der Waals surface area contributed by atoms with E-state index in [1.165, 1.54) is 46.9 Å². The molecule has 5 rings (SSSR count). The summed E-state index contributed by atoms with van der Waals surface area (Å²) in [6.07, 6.45) is 9.17. The van der Waals surface area contributed by atoms with Crippen LogP contribution in [0.5, 0.6) is 0 Å². The molecule has 2 amide bonds. The van der Waals surface area contributed by atoms with Crippen LogP contribution in [0.4, 0.5) is 9.52 Å². The molecule has 1 aromatic carbocycles. The number of aromatic nitrogens is 3. The quantitative estimate of drug-likeness (QED) is 0.366. The lowest BCUT2D eigenvalue weighted by Gasteiger charge is -2.34. The van der Waals surface area contributed by atoms with Crippen molar-refractivity contribution in [3.8, 4) is 0 Å². The number of nitrogens with one attached hydrogen (secondary N) is 2. The lowest BCUT2D eigenvalue weighted by atomic mass is 9.84. The monoisotopic (exact) mass is 597 g/mol. The number of rotatable bonds is 10. The molecule has 42 heavy (non-hydrogen) atoms. The summed E-state index contributed by atoms with van der Waals surface area (Å²) in [4.78, 5) is 53.5. The highest BCUT2D eigenvalue weighted by Gasteiger charge is 2.28. The summed E-state index contributed by atoms with van der Waals surface area (Å²) in [7, 11) is 0. The summed E-state index contributed by atoms with van der Waals surface area (Å²) >= 11 is 1.43. The Hall–Kier alpha value is -3.22. The topological polar surface area (TPSA) is 112 Å². The highest BCUT2D eigenvalue weighted by molar-refractivity contribution is 7.15. The average molecular weight is 598 g/mol. The van der Waals surface area contributed by atoms with E-state index in [2.05, 4.69) is 30.4 Å². The number of piperazine rings is 1. The Morgan fingerprint density at radius 3 is 2.55 bits per heavy atom. The number of fused-ring (bicyclic) bond motifs is 1. The zero-order valence-corrected chi connectivity index (χ0v) is 25.2. The third-order valence-corrected chi connectivity index (χ3v) is 9.01. The molecule has 12 heteroatoms. The molecule has 3 heterocycles. The fourth-order valence-electron chi connectivity index (χ4n) is 5.94. The van der Waals surface area contributed by atoms with Crippen molar-refractivity contribution < 1.29 is 14.0 Å². The van der Waals surface area contributed by atoms with Crippen LogP contribution in [0.15, 0.2) is 35.5 Å². The van der Waals surface area contributed by atoms with Crippen LogP contribution in [0.3, 0.4) is 0 Å². The van der Waals surface area contributed by atoms with E-state index in [9.17, 15) is 18.8 Å². The second kappa shape index (κ2) is 13.8. The predicted molar refractivity (Wildman–Crippen MR) is 162 cm³/mol. The molecule has 2 aromatic heterocycles. The number of hydrogen-bond acceptors (Lipinski definition) is 8. The van der Waals surface area contributed by atoms with Gasteiger partial charge in [-0.15, -0.1) is 11.3 Å².